The molecular formula is C35H18O4S4. The Hall–Kier alpha value is -4.08. The Balaban J connectivity index is 1.11. The van der Waals surface area contributed by atoms with Crippen LogP contribution in [0.4, 0.5) is 0 Å². The van der Waals surface area contributed by atoms with E-state index in [9.17, 15) is 19.2 Å². The van der Waals surface area contributed by atoms with Gasteiger partial charge >= 0.3 is 0 Å². The Kier molecular flexibility index (Phi) is 5.03. The van der Waals surface area contributed by atoms with Gasteiger partial charge in [-0.1, -0.05) is 62.4 Å². The Labute approximate surface area is 260 Å². The van der Waals surface area contributed by atoms with Crippen molar-refractivity contribution in [3.63, 3.8) is 0 Å². The summed E-state index contributed by atoms with van der Waals surface area (Å²) in [4.78, 5) is 54.1. The third-order valence-electron chi connectivity index (χ3n) is 8.67. The predicted octanol–water partition coefficient (Wildman–Crippen LogP) is 9.53. The molecular weight excluding hydrogens is 613 g/mol. The number of ketones is 4. The van der Waals surface area contributed by atoms with Crippen LogP contribution in [-0.2, 0) is 5.41 Å². The molecule has 2 aromatic carbocycles. The summed E-state index contributed by atoms with van der Waals surface area (Å²) >= 11 is 6.92. The molecule has 4 heterocycles. The maximum Gasteiger partial charge on any atom is 0.197 e. The number of carbonyl (C=O) groups is 4. The molecule has 0 radical (unpaired) electrons. The van der Waals surface area contributed by atoms with Crippen molar-refractivity contribution in [3.05, 3.63) is 115 Å². The van der Waals surface area contributed by atoms with Gasteiger partial charge in [-0.3, -0.25) is 19.2 Å². The van der Waals surface area contributed by atoms with Gasteiger partial charge in [0.25, 0.3) is 0 Å². The molecule has 9 rings (SSSR count). The number of Topliss-reactive ketones (excluding diaryl/α,β-unsaturated/α-hetero) is 4. The number of thiophene rings is 4. The van der Waals surface area contributed by atoms with Gasteiger partial charge in [-0.05, 0) is 35.4 Å². The lowest BCUT2D eigenvalue weighted by molar-refractivity contribution is 0.0974. The number of benzene rings is 2. The maximum absolute atomic E-state index is 13.1. The van der Waals surface area contributed by atoms with Crippen molar-refractivity contribution in [2.75, 3.05) is 0 Å². The minimum atomic E-state index is -0.370. The van der Waals surface area contributed by atoms with Crippen molar-refractivity contribution >= 4 is 109 Å². The molecule has 0 atom stereocenters. The fourth-order valence-electron chi connectivity index (χ4n) is 6.47. The molecule has 4 nitrogen and oxygen atoms in total. The van der Waals surface area contributed by atoms with Crippen LogP contribution in [0.25, 0.3) is 40.4 Å². The average molecular weight is 631 g/mol. The van der Waals surface area contributed by atoms with Crippen LogP contribution in [0.2, 0.25) is 0 Å². The zero-order valence-corrected chi connectivity index (χ0v) is 26.0. The van der Waals surface area contributed by atoms with Crippen LogP contribution in [0.1, 0.15) is 70.6 Å². The van der Waals surface area contributed by atoms with E-state index in [-0.39, 0.29) is 39.7 Å². The molecule has 0 amide bonds. The first-order valence-electron chi connectivity index (χ1n) is 13.7. The number of rotatable bonds is 2. The third kappa shape index (κ3) is 3.29. The van der Waals surface area contributed by atoms with Gasteiger partial charge in [0, 0.05) is 42.1 Å². The van der Waals surface area contributed by atoms with Crippen molar-refractivity contribution in [2.24, 2.45) is 0 Å². The molecule has 206 valence electrons. The normalized spacial score (nSPS) is 17.0. The van der Waals surface area contributed by atoms with Gasteiger partial charge in [0.1, 0.15) is 0 Å². The summed E-state index contributed by atoms with van der Waals surface area (Å²) in [6.07, 6.45) is 5.70. The molecule has 6 aromatic rings. The molecule has 43 heavy (non-hydrogen) atoms. The van der Waals surface area contributed by atoms with Gasteiger partial charge in [0.15, 0.2) is 23.1 Å². The standard InChI is InChI=1S/C35H18O4S4/c1-35(2)15(11-21-26(36)17-7-3-4-8-18(17)27(21)37)12-23-25(35)31-33(41-23)34-32(43-31)30-24(42-34)14-16(40-30)13-22-28(38)19-9-5-6-10-20(19)29(22)39/h3-14H,1-2H3. The van der Waals surface area contributed by atoms with E-state index in [1.165, 1.54) is 33.9 Å². The molecule has 3 aliphatic rings. The molecule has 4 aromatic heterocycles. The number of allylic oxidation sites excluding steroid dienone is 4. The van der Waals surface area contributed by atoms with Crippen molar-refractivity contribution in [3.8, 4) is 0 Å². The van der Waals surface area contributed by atoms with E-state index in [4.69, 9.17) is 0 Å². The first-order chi connectivity index (χ1) is 20.7. The van der Waals surface area contributed by atoms with Gasteiger partial charge in [-0.15, -0.1) is 45.3 Å². The summed E-state index contributed by atoms with van der Waals surface area (Å²) in [5, 5.41) is 0. The van der Waals surface area contributed by atoms with E-state index in [2.05, 4.69) is 26.0 Å². The van der Waals surface area contributed by atoms with Gasteiger partial charge in [-0.25, -0.2) is 0 Å². The second-order valence-corrected chi connectivity index (χ2v) is 15.7. The highest BCUT2D eigenvalue weighted by Crippen LogP contribution is 2.57. The zero-order chi connectivity index (χ0) is 29.4. The molecule has 0 fully saturated rings. The van der Waals surface area contributed by atoms with Gasteiger partial charge in [-0.2, -0.15) is 0 Å². The van der Waals surface area contributed by atoms with Gasteiger partial charge in [0.2, 0.25) is 0 Å². The lowest BCUT2D eigenvalue weighted by Gasteiger charge is -2.22. The summed E-state index contributed by atoms with van der Waals surface area (Å²) in [7, 11) is 0. The monoisotopic (exact) mass is 630 g/mol. The van der Waals surface area contributed by atoms with Crippen LogP contribution in [0.3, 0.4) is 0 Å². The molecule has 0 spiro atoms. The predicted molar refractivity (Wildman–Crippen MR) is 178 cm³/mol. The summed E-state index contributed by atoms with van der Waals surface area (Å²) in [6, 6.07) is 16.1. The minimum Gasteiger partial charge on any atom is -0.288 e. The Morgan fingerprint density at radius 1 is 0.581 bits per heavy atom. The summed E-state index contributed by atoms with van der Waals surface area (Å²) < 4.78 is 7.34. The van der Waals surface area contributed by atoms with Crippen molar-refractivity contribution in [1.29, 1.82) is 0 Å². The zero-order valence-electron chi connectivity index (χ0n) is 22.7. The van der Waals surface area contributed by atoms with Crippen LogP contribution in [-0.4, -0.2) is 23.1 Å². The van der Waals surface area contributed by atoms with E-state index < -0.39 is 0 Å². The third-order valence-corrected chi connectivity index (χ3v) is 14.0. The largest absolute Gasteiger partial charge is 0.288 e. The van der Waals surface area contributed by atoms with Crippen molar-refractivity contribution in [2.45, 2.75) is 19.3 Å². The molecule has 0 bridgehead atoms. The average Bonchev–Trinajstić information content (AvgIpc) is 3.82. The lowest BCUT2D eigenvalue weighted by atomic mass is 9.81. The number of hydrogen-bond donors (Lipinski definition) is 0. The highest BCUT2D eigenvalue weighted by atomic mass is 32.1. The number of carbonyl (C=O) groups excluding carboxylic acids is 4. The SMILES string of the molecule is CC1(C)C(C=C2C(=O)c3ccccc3C2=O)=Cc2sc3c(sc4c5sc(C=C6C(=O)c7ccccc7C6=O)cc5sc34)c21. The first kappa shape index (κ1) is 25.4. The Morgan fingerprint density at radius 2 is 1.09 bits per heavy atom. The van der Waals surface area contributed by atoms with Crippen molar-refractivity contribution < 1.29 is 19.2 Å². The topological polar surface area (TPSA) is 68.3 Å². The summed E-state index contributed by atoms with van der Waals surface area (Å²) in [5.41, 5.74) is 4.23. The van der Waals surface area contributed by atoms with Crippen LogP contribution >= 0.6 is 45.3 Å². The van der Waals surface area contributed by atoms with E-state index in [0.717, 1.165) is 15.2 Å². The lowest BCUT2D eigenvalue weighted by Crippen LogP contribution is -2.16. The fourth-order valence-corrected chi connectivity index (χ4v) is 12.6. The van der Waals surface area contributed by atoms with E-state index in [0.29, 0.717) is 22.3 Å². The fraction of sp³-hybridized carbons (Fsp3) is 0.0857. The smallest absolute Gasteiger partial charge is 0.197 e. The first-order valence-corrected chi connectivity index (χ1v) is 16.9. The molecule has 0 N–H and O–H groups in total. The molecule has 0 aliphatic heterocycles. The maximum atomic E-state index is 13.1. The van der Waals surface area contributed by atoms with E-state index >= 15 is 0 Å². The molecule has 8 heteroatoms. The van der Waals surface area contributed by atoms with Crippen molar-refractivity contribution in [1.82, 2.24) is 0 Å². The highest BCUT2D eigenvalue weighted by molar-refractivity contribution is 7.44. The van der Waals surface area contributed by atoms with Crippen LogP contribution in [0.5, 0.6) is 0 Å². The van der Waals surface area contributed by atoms with Crippen LogP contribution in [0, 0.1) is 0 Å². The molecule has 0 saturated carbocycles. The quantitative estimate of drug-likeness (QED) is 0.141. The van der Waals surface area contributed by atoms with E-state index in [1.54, 1.807) is 106 Å². The van der Waals surface area contributed by atoms with Gasteiger partial charge in [0.05, 0.1) is 34.6 Å². The molecule has 0 unspecified atom stereocenters. The molecule has 0 saturated heterocycles. The summed E-state index contributed by atoms with van der Waals surface area (Å²) in [5.74, 6) is -0.824. The van der Waals surface area contributed by atoms with Crippen LogP contribution in [0.15, 0.2) is 77.4 Å². The minimum absolute atomic E-state index is 0.204. The Morgan fingerprint density at radius 3 is 1.67 bits per heavy atom. The van der Waals surface area contributed by atoms with Crippen LogP contribution < -0.4 is 0 Å². The number of hydrogen-bond acceptors (Lipinski definition) is 8. The second kappa shape index (κ2) is 8.51. The van der Waals surface area contributed by atoms with E-state index in [1.807, 2.05) is 0 Å². The molecule has 3 aliphatic carbocycles. The second-order valence-electron chi connectivity index (χ2n) is 11.5. The highest BCUT2D eigenvalue weighted by Gasteiger charge is 2.40. The summed E-state index contributed by atoms with van der Waals surface area (Å²) in [6.45, 7) is 4.33. The Bertz CT molecular complexity index is 2370. The van der Waals surface area contributed by atoms with Gasteiger partial charge < -0.3 is 0 Å². The number of fused-ring (bicyclic) bond motifs is 9.